The normalized spacial score (nSPS) is 12.9. The maximum absolute atomic E-state index is 10.5. The molecule has 3 N–H and O–H groups in total. The lowest BCUT2D eigenvalue weighted by atomic mass is 10.1. The molecule has 1 aromatic heterocycles. The van der Waals surface area contributed by atoms with Crippen LogP contribution in [-0.2, 0) is 11.2 Å². The zero-order chi connectivity index (χ0) is 10.8. The second-order valence-electron chi connectivity index (χ2n) is 3.48. The van der Waals surface area contributed by atoms with Crippen molar-refractivity contribution in [2.75, 3.05) is 0 Å². The number of carbonyl (C=O) groups excluding carboxylic acids is 1. The third-order valence-corrected chi connectivity index (χ3v) is 2.70. The Morgan fingerprint density at radius 2 is 2.33 bits per heavy atom. The van der Waals surface area contributed by atoms with Gasteiger partial charge in [0.25, 0.3) is 0 Å². The number of halogens is 1. The van der Waals surface area contributed by atoms with Crippen molar-refractivity contribution in [1.82, 2.24) is 4.98 Å². The Bertz CT molecular complexity index is 492. The number of aldehydes is 1. The molecule has 78 valence electrons. The summed E-state index contributed by atoms with van der Waals surface area (Å²) in [5.74, 6) is 0. The lowest BCUT2D eigenvalue weighted by molar-refractivity contribution is -0.108. The number of hydrogen-bond acceptors (Lipinski definition) is 2. The van der Waals surface area contributed by atoms with Crippen LogP contribution in [0, 0.1) is 0 Å². The van der Waals surface area contributed by atoms with Gasteiger partial charge < -0.3 is 15.5 Å². The number of carbonyl (C=O) groups is 1. The molecule has 3 nitrogen and oxygen atoms in total. The Kier molecular flexibility index (Phi) is 2.75. The number of aromatic amines is 1. The van der Waals surface area contributed by atoms with Gasteiger partial charge in [-0.25, -0.2) is 0 Å². The first-order valence-electron chi connectivity index (χ1n) is 4.67. The molecule has 1 atom stereocenters. The molecular formula is C11H11ClN2O. The van der Waals surface area contributed by atoms with E-state index in [1.165, 1.54) is 0 Å². The molecular weight excluding hydrogens is 212 g/mol. The van der Waals surface area contributed by atoms with Gasteiger partial charge >= 0.3 is 0 Å². The van der Waals surface area contributed by atoms with E-state index in [2.05, 4.69) is 4.98 Å². The summed E-state index contributed by atoms with van der Waals surface area (Å²) in [7, 11) is 0. The molecule has 0 aliphatic carbocycles. The Balaban J connectivity index is 2.45. The van der Waals surface area contributed by atoms with E-state index in [0.29, 0.717) is 11.4 Å². The van der Waals surface area contributed by atoms with Gasteiger partial charge in [0.05, 0.1) is 16.6 Å². The molecule has 0 unspecified atom stereocenters. The van der Waals surface area contributed by atoms with Crippen LogP contribution in [0.5, 0.6) is 0 Å². The fourth-order valence-electron chi connectivity index (χ4n) is 1.65. The summed E-state index contributed by atoms with van der Waals surface area (Å²) in [5.41, 5.74) is 7.49. The predicted molar refractivity (Wildman–Crippen MR) is 61.1 cm³/mol. The topological polar surface area (TPSA) is 58.9 Å². The zero-order valence-electron chi connectivity index (χ0n) is 8.03. The minimum atomic E-state index is -0.456. The summed E-state index contributed by atoms with van der Waals surface area (Å²) >= 11 is 6.01. The lowest BCUT2D eigenvalue weighted by Gasteiger charge is -2.02. The van der Waals surface area contributed by atoms with E-state index in [4.69, 9.17) is 17.3 Å². The van der Waals surface area contributed by atoms with Crippen LogP contribution in [0.4, 0.5) is 0 Å². The van der Waals surface area contributed by atoms with Crippen LogP contribution in [0.2, 0.25) is 5.02 Å². The molecule has 0 aliphatic heterocycles. The van der Waals surface area contributed by atoms with E-state index in [0.717, 1.165) is 22.8 Å². The van der Waals surface area contributed by atoms with Gasteiger partial charge in [0.1, 0.15) is 6.29 Å². The Morgan fingerprint density at radius 1 is 1.53 bits per heavy atom. The number of benzene rings is 1. The molecule has 4 heteroatoms. The largest absolute Gasteiger partial charge is 0.360 e. The van der Waals surface area contributed by atoms with Crippen LogP contribution in [0.15, 0.2) is 24.4 Å². The molecule has 0 saturated heterocycles. The molecule has 0 aliphatic rings. The van der Waals surface area contributed by atoms with Crippen LogP contribution in [0.1, 0.15) is 5.56 Å². The molecule has 0 spiro atoms. The first-order valence-corrected chi connectivity index (χ1v) is 5.05. The second kappa shape index (κ2) is 4.04. The van der Waals surface area contributed by atoms with Crippen LogP contribution in [-0.4, -0.2) is 17.3 Å². The van der Waals surface area contributed by atoms with E-state index in [1.807, 2.05) is 24.4 Å². The molecule has 15 heavy (non-hydrogen) atoms. The number of hydrogen-bond donors (Lipinski definition) is 2. The highest BCUT2D eigenvalue weighted by molar-refractivity contribution is 6.35. The average molecular weight is 223 g/mol. The third kappa shape index (κ3) is 1.89. The number of aromatic nitrogens is 1. The summed E-state index contributed by atoms with van der Waals surface area (Å²) < 4.78 is 0. The van der Waals surface area contributed by atoms with Crippen molar-refractivity contribution in [1.29, 1.82) is 0 Å². The van der Waals surface area contributed by atoms with Crippen molar-refractivity contribution >= 4 is 28.8 Å². The average Bonchev–Trinajstić information content (AvgIpc) is 2.63. The molecule has 0 radical (unpaired) electrons. The smallest absolute Gasteiger partial charge is 0.137 e. The Morgan fingerprint density at radius 3 is 3.07 bits per heavy atom. The van der Waals surface area contributed by atoms with Crippen LogP contribution >= 0.6 is 11.6 Å². The maximum Gasteiger partial charge on any atom is 0.137 e. The molecule has 2 rings (SSSR count). The summed E-state index contributed by atoms with van der Waals surface area (Å²) in [6, 6.07) is 5.21. The summed E-state index contributed by atoms with van der Waals surface area (Å²) in [6.45, 7) is 0. The zero-order valence-corrected chi connectivity index (χ0v) is 8.79. The highest BCUT2D eigenvalue weighted by Crippen LogP contribution is 2.25. The highest BCUT2D eigenvalue weighted by atomic mass is 35.5. The maximum atomic E-state index is 10.5. The quantitative estimate of drug-likeness (QED) is 0.780. The van der Waals surface area contributed by atoms with Crippen LogP contribution in [0.25, 0.3) is 10.9 Å². The Hall–Kier alpha value is -1.32. The summed E-state index contributed by atoms with van der Waals surface area (Å²) in [5, 5.41) is 1.71. The number of H-pyrrole nitrogens is 1. The minimum absolute atomic E-state index is 0.456. The van der Waals surface area contributed by atoms with Gasteiger partial charge in [-0.3, -0.25) is 0 Å². The summed E-state index contributed by atoms with van der Waals surface area (Å²) in [6.07, 6.45) is 3.13. The molecule has 1 heterocycles. The van der Waals surface area contributed by atoms with Gasteiger partial charge in [-0.05, 0) is 18.1 Å². The number of nitrogens with one attached hydrogen (secondary N) is 1. The van der Waals surface area contributed by atoms with Gasteiger partial charge in [-0.1, -0.05) is 23.7 Å². The molecule has 2 aromatic rings. The van der Waals surface area contributed by atoms with Crippen molar-refractivity contribution in [2.45, 2.75) is 12.5 Å². The molecule has 0 amide bonds. The van der Waals surface area contributed by atoms with Gasteiger partial charge in [0.2, 0.25) is 0 Å². The van der Waals surface area contributed by atoms with Gasteiger partial charge in [0, 0.05) is 11.6 Å². The molecule has 0 bridgehead atoms. The minimum Gasteiger partial charge on any atom is -0.360 e. The van der Waals surface area contributed by atoms with Gasteiger partial charge in [-0.15, -0.1) is 0 Å². The van der Waals surface area contributed by atoms with Crippen molar-refractivity contribution in [3.05, 3.63) is 35.0 Å². The van der Waals surface area contributed by atoms with Crippen LogP contribution < -0.4 is 5.73 Å². The summed E-state index contributed by atoms with van der Waals surface area (Å²) in [4.78, 5) is 13.6. The number of rotatable bonds is 3. The monoisotopic (exact) mass is 222 g/mol. The standard InChI is InChI=1S/C11H11ClN2O/c12-10-3-1-2-9-7(4-8(13)6-15)5-14-11(9)10/h1-3,5-6,8,14H,4,13H2/t8-/m0/s1. The van der Waals surface area contributed by atoms with Crippen molar-refractivity contribution in [3.8, 4) is 0 Å². The first kappa shape index (κ1) is 10.2. The first-order chi connectivity index (χ1) is 7.22. The SMILES string of the molecule is N[C@H](C=O)Cc1c[nH]c2c(Cl)cccc12. The molecule has 1 aromatic carbocycles. The Labute approximate surface area is 92.2 Å². The van der Waals surface area contributed by atoms with E-state index in [-0.39, 0.29) is 0 Å². The second-order valence-corrected chi connectivity index (χ2v) is 3.89. The molecule has 0 saturated carbocycles. The van der Waals surface area contributed by atoms with E-state index in [1.54, 1.807) is 0 Å². The third-order valence-electron chi connectivity index (χ3n) is 2.38. The van der Waals surface area contributed by atoms with E-state index >= 15 is 0 Å². The lowest BCUT2D eigenvalue weighted by Crippen LogP contribution is -2.23. The number of fused-ring (bicyclic) bond motifs is 1. The van der Waals surface area contributed by atoms with Gasteiger partial charge in [0.15, 0.2) is 0 Å². The molecule has 0 fully saturated rings. The number of para-hydroxylation sites is 1. The fraction of sp³-hybridized carbons (Fsp3) is 0.182. The fourth-order valence-corrected chi connectivity index (χ4v) is 1.88. The van der Waals surface area contributed by atoms with Crippen molar-refractivity contribution in [3.63, 3.8) is 0 Å². The van der Waals surface area contributed by atoms with E-state index < -0.39 is 6.04 Å². The van der Waals surface area contributed by atoms with E-state index in [9.17, 15) is 4.79 Å². The van der Waals surface area contributed by atoms with Gasteiger partial charge in [-0.2, -0.15) is 0 Å². The predicted octanol–water partition coefficient (Wildman–Crippen LogP) is 1.89. The van der Waals surface area contributed by atoms with Crippen LogP contribution in [0.3, 0.4) is 0 Å². The van der Waals surface area contributed by atoms with Crippen molar-refractivity contribution < 1.29 is 4.79 Å². The highest BCUT2D eigenvalue weighted by Gasteiger charge is 2.09. The number of nitrogens with two attached hydrogens (primary N) is 1. The van der Waals surface area contributed by atoms with Crippen molar-refractivity contribution in [2.24, 2.45) is 5.73 Å².